The molecule has 0 aromatic heterocycles. The lowest BCUT2D eigenvalue weighted by Gasteiger charge is -2.25. The Morgan fingerprint density at radius 2 is 1.75 bits per heavy atom. The van der Waals surface area contributed by atoms with E-state index in [9.17, 15) is 0 Å². The quantitative estimate of drug-likeness (QED) is 0.430. The van der Waals surface area contributed by atoms with Gasteiger partial charge in [-0.25, -0.2) is 0 Å². The highest BCUT2D eigenvalue weighted by Gasteiger charge is 2.16. The van der Waals surface area contributed by atoms with E-state index >= 15 is 0 Å². The molecule has 0 rings (SSSR count). The second-order valence-electron chi connectivity index (χ2n) is 3.54. The molecule has 2 unspecified atom stereocenters. The summed E-state index contributed by atoms with van der Waals surface area (Å²) in [6, 6.07) is 0. The van der Waals surface area contributed by atoms with E-state index in [1.807, 2.05) is 0 Å². The van der Waals surface area contributed by atoms with Gasteiger partial charge in [0.15, 0.2) is 0 Å². The predicted octanol–water partition coefficient (Wildman–Crippen LogP) is 3.59. The summed E-state index contributed by atoms with van der Waals surface area (Å²) in [4.78, 5) is 0. The first-order chi connectivity index (χ1) is 5.67. The third-order valence-corrected chi connectivity index (χ3v) is 2.70. The lowest BCUT2D eigenvalue weighted by atomic mass is 9.67. The second-order valence-corrected chi connectivity index (χ2v) is 3.54. The largest absolute Gasteiger partial charge is 0.0914 e. The SMILES string of the molecule is [B]C(C(C)C=CC)C(CC)CC. The van der Waals surface area contributed by atoms with Gasteiger partial charge in [-0.2, -0.15) is 0 Å². The minimum absolute atomic E-state index is 0.330. The van der Waals surface area contributed by atoms with Gasteiger partial charge in [0, 0.05) is 0 Å². The molecule has 0 aromatic carbocycles. The predicted molar refractivity (Wildman–Crippen MR) is 57.6 cm³/mol. The molecule has 0 aliphatic carbocycles. The fraction of sp³-hybridized carbons (Fsp3) is 0.818. The molecule has 2 radical (unpaired) electrons. The van der Waals surface area contributed by atoms with Gasteiger partial charge in [-0.1, -0.05) is 51.6 Å². The molecule has 68 valence electrons. The minimum Gasteiger partial charge on any atom is -0.0914 e. The van der Waals surface area contributed by atoms with Gasteiger partial charge < -0.3 is 0 Å². The van der Waals surface area contributed by atoms with Crippen LogP contribution in [0.3, 0.4) is 0 Å². The average Bonchev–Trinajstić information content (AvgIpc) is 2.07. The molecule has 0 spiro atoms. The van der Waals surface area contributed by atoms with Gasteiger partial charge in [-0.3, -0.25) is 0 Å². The second kappa shape index (κ2) is 6.34. The summed E-state index contributed by atoms with van der Waals surface area (Å²) < 4.78 is 0. The van der Waals surface area contributed by atoms with Crippen LogP contribution in [0.4, 0.5) is 0 Å². The molecule has 2 atom stereocenters. The summed E-state index contributed by atoms with van der Waals surface area (Å²) in [6.45, 7) is 8.69. The molecule has 1 heteroatoms. The van der Waals surface area contributed by atoms with E-state index in [-0.39, 0.29) is 0 Å². The molecule has 0 fully saturated rings. The molecule has 0 amide bonds. The Bertz CT molecular complexity index is 125. The summed E-state index contributed by atoms with van der Waals surface area (Å²) in [6.07, 6.45) is 6.68. The van der Waals surface area contributed by atoms with E-state index in [0.29, 0.717) is 17.7 Å². The van der Waals surface area contributed by atoms with Crippen LogP contribution in [0.5, 0.6) is 0 Å². The van der Waals surface area contributed by atoms with Crippen molar-refractivity contribution in [2.75, 3.05) is 0 Å². The maximum atomic E-state index is 6.12. The molecule has 12 heavy (non-hydrogen) atoms. The van der Waals surface area contributed by atoms with Crippen LogP contribution < -0.4 is 0 Å². The maximum absolute atomic E-state index is 6.12. The van der Waals surface area contributed by atoms with Crippen LogP contribution in [0.2, 0.25) is 5.82 Å². The van der Waals surface area contributed by atoms with Crippen molar-refractivity contribution in [2.24, 2.45) is 11.8 Å². The van der Waals surface area contributed by atoms with Gasteiger partial charge in [0.05, 0.1) is 7.85 Å². The Balaban J connectivity index is 4.04. The molecule has 0 aliphatic heterocycles. The lowest BCUT2D eigenvalue weighted by Crippen LogP contribution is -2.14. The van der Waals surface area contributed by atoms with Crippen molar-refractivity contribution in [2.45, 2.75) is 46.4 Å². The van der Waals surface area contributed by atoms with Crippen molar-refractivity contribution in [3.8, 4) is 0 Å². The van der Waals surface area contributed by atoms with E-state index in [2.05, 4.69) is 39.8 Å². The third kappa shape index (κ3) is 3.47. The van der Waals surface area contributed by atoms with Gasteiger partial charge in [0.1, 0.15) is 0 Å². The summed E-state index contributed by atoms with van der Waals surface area (Å²) in [5, 5.41) is 0. The van der Waals surface area contributed by atoms with Gasteiger partial charge in [-0.15, -0.1) is 0 Å². The van der Waals surface area contributed by atoms with Gasteiger partial charge in [0.2, 0.25) is 0 Å². The van der Waals surface area contributed by atoms with Crippen LogP contribution in [0.1, 0.15) is 40.5 Å². The zero-order valence-corrected chi connectivity index (χ0v) is 8.88. The molecule has 0 bridgehead atoms. The topological polar surface area (TPSA) is 0 Å². The normalized spacial score (nSPS) is 17.1. The molecule has 0 saturated carbocycles. The molecule has 0 saturated heterocycles. The van der Waals surface area contributed by atoms with Crippen LogP contribution in [0.15, 0.2) is 12.2 Å². The Kier molecular flexibility index (Phi) is 6.23. The number of allylic oxidation sites excluding steroid dienone is 2. The summed E-state index contributed by atoms with van der Waals surface area (Å²) in [7, 11) is 6.12. The van der Waals surface area contributed by atoms with Crippen LogP contribution in [0, 0.1) is 11.8 Å². The molecule has 0 aromatic rings. The standard InChI is InChI=1S/C11H21B/c1-5-8-9(4)11(12)10(6-2)7-3/h5,8-11H,6-7H2,1-4H3. The van der Waals surface area contributed by atoms with Crippen molar-refractivity contribution >= 4 is 7.85 Å². The fourth-order valence-corrected chi connectivity index (χ4v) is 1.69. The van der Waals surface area contributed by atoms with Crippen LogP contribution >= 0.6 is 0 Å². The Morgan fingerprint density at radius 1 is 1.25 bits per heavy atom. The van der Waals surface area contributed by atoms with Gasteiger partial charge in [0.25, 0.3) is 0 Å². The van der Waals surface area contributed by atoms with Crippen molar-refractivity contribution in [1.82, 2.24) is 0 Å². The molecule has 0 N–H and O–H groups in total. The first-order valence-corrected chi connectivity index (χ1v) is 5.05. The van der Waals surface area contributed by atoms with Crippen LogP contribution in [0.25, 0.3) is 0 Å². The summed E-state index contributed by atoms with van der Waals surface area (Å²) in [5.41, 5.74) is 0. The zero-order valence-electron chi connectivity index (χ0n) is 8.88. The Hall–Kier alpha value is -0.195. The first kappa shape index (κ1) is 11.8. The lowest BCUT2D eigenvalue weighted by molar-refractivity contribution is 0.409. The zero-order chi connectivity index (χ0) is 9.56. The first-order valence-electron chi connectivity index (χ1n) is 5.05. The highest BCUT2D eigenvalue weighted by Crippen LogP contribution is 2.29. The van der Waals surface area contributed by atoms with Crippen LogP contribution in [-0.2, 0) is 0 Å². The van der Waals surface area contributed by atoms with E-state index in [1.54, 1.807) is 0 Å². The number of hydrogen-bond acceptors (Lipinski definition) is 0. The highest BCUT2D eigenvalue weighted by atomic mass is 14.2. The minimum atomic E-state index is 0.330. The van der Waals surface area contributed by atoms with Crippen LogP contribution in [-0.4, -0.2) is 7.85 Å². The van der Waals surface area contributed by atoms with E-state index in [1.165, 1.54) is 12.8 Å². The molecular formula is C11H21B. The molecule has 0 heterocycles. The molecular weight excluding hydrogens is 143 g/mol. The molecule has 0 nitrogen and oxygen atoms in total. The third-order valence-electron chi connectivity index (χ3n) is 2.70. The summed E-state index contributed by atoms with van der Waals surface area (Å²) in [5.74, 6) is 1.52. The average molecular weight is 164 g/mol. The number of rotatable bonds is 5. The number of hydrogen-bond donors (Lipinski definition) is 0. The smallest absolute Gasteiger partial charge is 0.0711 e. The van der Waals surface area contributed by atoms with Crippen molar-refractivity contribution in [1.29, 1.82) is 0 Å². The van der Waals surface area contributed by atoms with E-state index in [0.717, 1.165) is 0 Å². The monoisotopic (exact) mass is 164 g/mol. The van der Waals surface area contributed by atoms with Crippen molar-refractivity contribution < 1.29 is 0 Å². The fourth-order valence-electron chi connectivity index (χ4n) is 1.69. The van der Waals surface area contributed by atoms with Crippen molar-refractivity contribution in [3.05, 3.63) is 12.2 Å². The highest BCUT2D eigenvalue weighted by molar-refractivity contribution is 6.12. The van der Waals surface area contributed by atoms with Gasteiger partial charge in [-0.05, 0) is 18.8 Å². The Labute approximate surface area is 78.9 Å². The maximum Gasteiger partial charge on any atom is 0.0711 e. The van der Waals surface area contributed by atoms with E-state index < -0.39 is 0 Å². The van der Waals surface area contributed by atoms with Crippen molar-refractivity contribution in [3.63, 3.8) is 0 Å². The summed E-state index contributed by atoms with van der Waals surface area (Å²) >= 11 is 0. The Morgan fingerprint density at radius 3 is 2.08 bits per heavy atom. The van der Waals surface area contributed by atoms with Gasteiger partial charge >= 0.3 is 0 Å². The molecule has 0 aliphatic rings. The van der Waals surface area contributed by atoms with E-state index in [4.69, 9.17) is 7.85 Å².